The maximum atomic E-state index is 13.3. The van der Waals surface area contributed by atoms with Gasteiger partial charge in [0.1, 0.15) is 11.6 Å². The number of halogens is 4. The van der Waals surface area contributed by atoms with Crippen molar-refractivity contribution in [2.75, 3.05) is 11.1 Å². The first-order chi connectivity index (χ1) is 8.47. The Labute approximate surface area is 112 Å². The largest absolute Gasteiger partial charge is 0.397 e. The molecule has 3 N–H and O–H groups in total. The molecule has 0 atom stereocenters. The molecule has 0 heterocycles. The van der Waals surface area contributed by atoms with Crippen LogP contribution >= 0.6 is 23.2 Å². The molecule has 0 unspecified atom stereocenters. The summed E-state index contributed by atoms with van der Waals surface area (Å²) in [5.41, 5.74) is 6.48. The summed E-state index contributed by atoms with van der Waals surface area (Å²) < 4.78 is 26.4. The molecule has 0 aromatic heterocycles. The summed E-state index contributed by atoms with van der Waals surface area (Å²) in [6.45, 7) is 0. The van der Waals surface area contributed by atoms with E-state index in [1.165, 1.54) is 24.3 Å². The van der Waals surface area contributed by atoms with Crippen LogP contribution in [-0.2, 0) is 0 Å². The van der Waals surface area contributed by atoms with Crippen molar-refractivity contribution in [2.45, 2.75) is 0 Å². The van der Waals surface area contributed by atoms with Gasteiger partial charge >= 0.3 is 0 Å². The number of nitrogen functional groups attached to an aromatic ring is 1. The van der Waals surface area contributed by atoms with E-state index in [9.17, 15) is 8.78 Å². The van der Waals surface area contributed by atoms with Gasteiger partial charge in [0.15, 0.2) is 0 Å². The third-order valence-corrected chi connectivity index (χ3v) is 2.91. The second-order valence-electron chi connectivity index (χ2n) is 3.60. The molecular weight excluding hydrogens is 281 g/mol. The van der Waals surface area contributed by atoms with E-state index in [0.717, 1.165) is 6.07 Å². The van der Waals surface area contributed by atoms with Crippen LogP contribution in [0.1, 0.15) is 0 Å². The number of hydrogen-bond donors (Lipinski definition) is 2. The Morgan fingerprint density at radius 1 is 0.944 bits per heavy atom. The van der Waals surface area contributed by atoms with Gasteiger partial charge in [0.05, 0.1) is 27.1 Å². The van der Waals surface area contributed by atoms with E-state index in [4.69, 9.17) is 28.9 Å². The van der Waals surface area contributed by atoms with Crippen LogP contribution < -0.4 is 11.1 Å². The highest BCUT2D eigenvalue weighted by Gasteiger charge is 2.09. The van der Waals surface area contributed by atoms with Gasteiger partial charge in [-0.05, 0) is 24.3 Å². The zero-order valence-electron chi connectivity index (χ0n) is 8.98. The SMILES string of the molecule is Nc1cc(Cl)c(F)cc1Nc1cc(F)ccc1Cl. The van der Waals surface area contributed by atoms with Crippen LogP contribution in [0.3, 0.4) is 0 Å². The molecule has 2 nitrogen and oxygen atoms in total. The Balaban J connectivity index is 2.40. The number of benzene rings is 2. The monoisotopic (exact) mass is 288 g/mol. The van der Waals surface area contributed by atoms with Crippen molar-refractivity contribution >= 4 is 40.3 Å². The molecule has 0 saturated heterocycles. The topological polar surface area (TPSA) is 38.0 Å². The maximum Gasteiger partial charge on any atom is 0.144 e. The molecule has 2 aromatic rings. The normalized spacial score (nSPS) is 10.4. The molecule has 2 aromatic carbocycles. The number of hydrogen-bond acceptors (Lipinski definition) is 2. The Kier molecular flexibility index (Phi) is 3.59. The van der Waals surface area contributed by atoms with E-state index < -0.39 is 11.6 Å². The van der Waals surface area contributed by atoms with Gasteiger partial charge in [-0.2, -0.15) is 0 Å². The Bertz CT molecular complexity index is 603. The van der Waals surface area contributed by atoms with Gasteiger partial charge in [0, 0.05) is 6.07 Å². The Morgan fingerprint density at radius 3 is 2.39 bits per heavy atom. The molecule has 94 valence electrons. The number of nitrogens with one attached hydrogen (secondary N) is 1. The van der Waals surface area contributed by atoms with E-state index in [1.807, 2.05) is 0 Å². The first-order valence-electron chi connectivity index (χ1n) is 4.94. The van der Waals surface area contributed by atoms with Gasteiger partial charge in [-0.1, -0.05) is 23.2 Å². The minimum Gasteiger partial charge on any atom is -0.397 e. The molecule has 0 fully saturated rings. The van der Waals surface area contributed by atoms with Crippen LogP contribution in [0.4, 0.5) is 25.8 Å². The van der Waals surface area contributed by atoms with E-state index >= 15 is 0 Å². The Morgan fingerprint density at radius 2 is 1.67 bits per heavy atom. The molecule has 0 radical (unpaired) electrons. The van der Waals surface area contributed by atoms with Crippen LogP contribution in [0.25, 0.3) is 0 Å². The number of anilines is 3. The highest BCUT2D eigenvalue weighted by atomic mass is 35.5. The van der Waals surface area contributed by atoms with E-state index in [0.29, 0.717) is 10.7 Å². The van der Waals surface area contributed by atoms with Crippen molar-refractivity contribution < 1.29 is 8.78 Å². The molecule has 0 amide bonds. The maximum absolute atomic E-state index is 13.3. The lowest BCUT2D eigenvalue weighted by Gasteiger charge is -2.11. The average molecular weight is 289 g/mol. The van der Waals surface area contributed by atoms with Crippen molar-refractivity contribution in [1.29, 1.82) is 0 Å². The highest BCUT2D eigenvalue weighted by Crippen LogP contribution is 2.31. The molecule has 0 aliphatic heterocycles. The predicted molar refractivity (Wildman–Crippen MR) is 70.5 cm³/mol. The van der Waals surface area contributed by atoms with Crippen LogP contribution in [0, 0.1) is 11.6 Å². The molecule has 0 spiro atoms. The van der Waals surface area contributed by atoms with Gasteiger partial charge in [0.2, 0.25) is 0 Å². The summed E-state index contributed by atoms with van der Waals surface area (Å²) >= 11 is 11.5. The van der Waals surface area contributed by atoms with Crippen LogP contribution in [0.5, 0.6) is 0 Å². The molecular formula is C12H8Cl2F2N2. The van der Waals surface area contributed by atoms with Crippen molar-refractivity contribution in [3.05, 3.63) is 52.0 Å². The molecule has 6 heteroatoms. The fourth-order valence-electron chi connectivity index (χ4n) is 1.41. The number of nitrogens with two attached hydrogens (primary N) is 1. The predicted octanol–water partition coefficient (Wildman–Crippen LogP) is 4.60. The standard InChI is InChI=1S/C12H8Cl2F2N2/c13-7-2-1-6(15)3-11(7)18-12-5-9(16)8(14)4-10(12)17/h1-5,18H,17H2. The zero-order valence-corrected chi connectivity index (χ0v) is 10.5. The lowest BCUT2D eigenvalue weighted by atomic mass is 10.2. The fraction of sp³-hybridized carbons (Fsp3) is 0. The summed E-state index contributed by atoms with van der Waals surface area (Å²) in [5.74, 6) is -1.09. The van der Waals surface area contributed by atoms with Crippen LogP contribution in [0.2, 0.25) is 10.0 Å². The van der Waals surface area contributed by atoms with Crippen molar-refractivity contribution in [3.8, 4) is 0 Å². The van der Waals surface area contributed by atoms with Crippen LogP contribution in [-0.4, -0.2) is 0 Å². The molecule has 0 aliphatic carbocycles. The second kappa shape index (κ2) is 5.00. The second-order valence-corrected chi connectivity index (χ2v) is 4.42. The zero-order chi connectivity index (χ0) is 13.3. The van der Waals surface area contributed by atoms with Gasteiger partial charge in [-0.15, -0.1) is 0 Å². The lowest BCUT2D eigenvalue weighted by molar-refractivity contribution is 0.628. The minimum absolute atomic E-state index is 0.0802. The minimum atomic E-state index is -0.624. The van der Waals surface area contributed by atoms with Gasteiger partial charge in [-0.3, -0.25) is 0 Å². The van der Waals surface area contributed by atoms with E-state index in [2.05, 4.69) is 5.32 Å². The van der Waals surface area contributed by atoms with Gasteiger partial charge in [-0.25, -0.2) is 8.78 Å². The summed E-state index contributed by atoms with van der Waals surface area (Å²) in [4.78, 5) is 0. The first-order valence-corrected chi connectivity index (χ1v) is 5.69. The summed E-state index contributed by atoms with van der Waals surface area (Å²) in [5, 5.41) is 2.97. The smallest absolute Gasteiger partial charge is 0.144 e. The fourth-order valence-corrected chi connectivity index (χ4v) is 1.75. The molecule has 2 rings (SSSR count). The van der Waals surface area contributed by atoms with Gasteiger partial charge in [0.25, 0.3) is 0 Å². The van der Waals surface area contributed by atoms with Crippen molar-refractivity contribution in [3.63, 3.8) is 0 Å². The summed E-state index contributed by atoms with van der Waals surface area (Å²) in [7, 11) is 0. The first kappa shape index (κ1) is 12.9. The highest BCUT2D eigenvalue weighted by molar-refractivity contribution is 6.33. The molecule has 0 aliphatic rings. The van der Waals surface area contributed by atoms with E-state index in [1.54, 1.807) is 0 Å². The van der Waals surface area contributed by atoms with Gasteiger partial charge < -0.3 is 11.1 Å². The Hall–Kier alpha value is -1.52. The molecule has 18 heavy (non-hydrogen) atoms. The summed E-state index contributed by atoms with van der Waals surface area (Å²) in [6, 6.07) is 6.20. The summed E-state index contributed by atoms with van der Waals surface area (Å²) in [6.07, 6.45) is 0. The van der Waals surface area contributed by atoms with Crippen molar-refractivity contribution in [2.24, 2.45) is 0 Å². The molecule has 0 saturated carbocycles. The third-order valence-electron chi connectivity index (χ3n) is 2.29. The van der Waals surface area contributed by atoms with E-state index in [-0.39, 0.29) is 16.4 Å². The number of rotatable bonds is 2. The average Bonchev–Trinajstić information content (AvgIpc) is 2.30. The van der Waals surface area contributed by atoms with Crippen molar-refractivity contribution in [1.82, 2.24) is 0 Å². The third kappa shape index (κ3) is 2.66. The quantitative estimate of drug-likeness (QED) is 0.793. The molecule has 0 bridgehead atoms. The lowest BCUT2D eigenvalue weighted by Crippen LogP contribution is -1.98. The van der Waals surface area contributed by atoms with Crippen LogP contribution in [0.15, 0.2) is 30.3 Å².